The molecule has 6 nitrogen and oxygen atoms in total. The van der Waals surface area contributed by atoms with E-state index in [1.165, 1.54) is 6.20 Å². The minimum atomic E-state index is -1.00. The van der Waals surface area contributed by atoms with Crippen LogP contribution in [-0.2, 0) is 0 Å². The third kappa shape index (κ3) is 2.29. The number of benzene rings is 1. The van der Waals surface area contributed by atoms with Crippen molar-refractivity contribution in [3.63, 3.8) is 0 Å². The van der Waals surface area contributed by atoms with Gasteiger partial charge < -0.3 is 14.9 Å². The van der Waals surface area contributed by atoms with Crippen LogP contribution < -0.4 is 9.80 Å². The number of carbonyl (C=O) groups is 1. The maximum Gasteiger partial charge on any atom is 0.339 e. The molecule has 6 heteroatoms. The van der Waals surface area contributed by atoms with Crippen LogP contribution in [0, 0.1) is 6.92 Å². The standard InChI is InChI=1S/C15H16N4O2/c1-10-11(14(20)21)9-16-15(17-10)19-8-7-18(2)12-5-3-4-6-13(12)19/h3-6,9H,7-8H2,1-2H3,(H,20,21). The van der Waals surface area contributed by atoms with E-state index < -0.39 is 5.97 Å². The van der Waals surface area contributed by atoms with E-state index >= 15 is 0 Å². The lowest BCUT2D eigenvalue weighted by atomic mass is 10.2. The number of carboxylic acids is 1. The highest BCUT2D eigenvalue weighted by Gasteiger charge is 2.23. The second-order valence-electron chi connectivity index (χ2n) is 5.04. The Morgan fingerprint density at radius 1 is 1.24 bits per heavy atom. The Morgan fingerprint density at radius 2 is 1.95 bits per heavy atom. The van der Waals surface area contributed by atoms with Crippen LogP contribution in [0.15, 0.2) is 30.5 Å². The maximum atomic E-state index is 11.1. The lowest BCUT2D eigenvalue weighted by Crippen LogP contribution is -2.37. The molecule has 2 heterocycles. The van der Waals surface area contributed by atoms with Crippen LogP contribution in [0.2, 0.25) is 0 Å². The van der Waals surface area contributed by atoms with Crippen LogP contribution in [0.5, 0.6) is 0 Å². The summed E-state index contributed by atoms with van der Waals surface area (Å²) in [6.07, 6.45) is 1.38. The second-order valence-corrected chi connectivity index (χ2v) is 5.04. The number of aromatic nitrogens is 2. The lowest BCUT2D eigenvalue weighted by molar-refractivity contribution is 0.0695. The van der Waals surface area contributed by atoms with Gasteiger partial charge in [-0.3, -0.25) is 0 Å². The summed E-state index contributed by atoms with van der Waals surface area (Å²) >= 11 is 0. The lowest BCUT2D eigenvalue weighted by Gasteiger charge is -2.35. The topological polar surface area (TPSA) is 69.6 Å². The molecule has 0 saturated carbocycles. The first-order chi connectivity index (χ1) is 10.1. The zero-order chi connectivity index (χ0) is 15.0. The summed E-state index contributed by atoms with van der Waals surface area (Å²) in [6, 6.07) is 8.05. The van der Waals surface area contributed by atoms with E-state index in [1.807, 2.05) is 23.1 Å². The minimum Gasteiger partial charge on any atom is -0.478 e. The van der Waals surface area contributed by atoms with Crippen molar-refractivity contribution in [1.82, 2.24) is 9.97 Å². The van der Waals surface area contributed by atoms with E-state index in [0.717, 1.165) is 24.5 Å². The first kappa shape index (κ1) is 13.4. The number of aryl methyl sites for hydroxylation is 1. The molecular weight excluding hydrogens is 268 g/mol. The van der Waals surface area contributed by atoms with E-state index in [2.05, 4.69) is 28.0 Å². The molecule has 0 bridgehead atoms. The van der Waals surface area contributed by atoms with Gasteiger partial charge in [-0.15, -0.1) is 0 Å². The summed E-state index contributed by atoms with van der Waals surface area (Å²) in [5, 5.41) is 9.06. The highest BCUT2D eigenvalue weighted by Crippen LogP contribution is 2.35. The van der Waals surface area contributed by atoms with Crippen LogP contribution in [0.25, 0.3) is 0 Å². The molecule has 1 aromatic carbocycles. The molecule has 0 saturated heterocycles. The molecule has 1 aromatic heterocycles. The molecule has 1 N–H and O–H groups in total. The fraction of sp³-hybridized carbons (Fsp3) is 0.267. The number of para-hydroxylation sites is 2. The molecule has 1 aliphatic rings. The summed E-state index contributed by atoms with van der Waals surface area (Å²) < 4.78 is 0. The van der Waals surface area contributed by atoms with Crippen LogP contribution in [0.4, 0.5) is 17.3 Å². The second kappa shape index (κ2) is 5.05. The van der Waals surface area contributed by atoms with Gasteiger partial charge in [0.25, 0.3) is 0 Å². The Hall–Kier alpha value is -2.63. The predicted octanol–water partition coefficient (Wildman–Crippen LogP) is 2.07. The number of aromatic carboxylic acids is 1. The number of fused-ring (bicyclic) bond motifs is 1. The van der Waals surface area contributed by atoms with E-state index in [9.17, 15) is 4.79 Å². The van der Waals surface area contributed by atoms with Gasteiger partial charge in [0.15, 0.2) is 0 Å². The number of carboxylic acid groups (broad SMARTS) is 1. The summed E-state index contributed by atoms with van der Waals surface area (Å²) in [7, 11) is 2.05. The van der Waals surface area contributed by atoms with Gasteiger partial charge in [0.05, 0.1) is 22.6 Å². The van der Waals surface area contributed by atoms with Crippen molar-refractivity contribution < 1.29 is 9.90 Å². The highest BCUT2D eigenvalue weighted by atomic mass is 16.4. The first-order valence-electron chi connectivity index (χ1n) is 6.72. The first-order valence-corrected chi connectivity index (χ1v) is 6.72. The molecule has 21 heavy (non-hydrogen) atoms. The van der Waals surface area contributed by atoms with Crippen molar-refractivity contribution in [1.29, 1.82) is 0 Å². The minimum absolute atomic E-state index is 0.140. The van der Waals surface area contributed by atoms with Crippen LogP contribution in [0.3, 0.4) is 0 Å². The van der Waals surface area contributed by atoms with E-state index in [4.69, 9.17) is 5.11 Å². The summed E-state index contributed by atoms with van der Waals surface area (Å²) in [5.74, 6) is -0.462. The molecule has 0 spiro atoms. The fourth-order valence-electron chi connectivity index (χ4n) is 2.51. The molecule has 0 unspecified atom stereocenters. The van der Waals surface area contributed by atoms with Gasteiger partial charge in [0, 0.05) is 26.3 Å². The number of nitrogens with zero attached hydrogens (tertiary/aromatic N) is 4. The third-order valence-corrected chi connectivity index (χ3v) is 3.68. The molecular formula is C15H16N4O2. The number of likely N-dealkylation sites (N-methyl/N-ethyl adjacent to an activating group) is 1. The zero-order valence-electron chi connectivity index (χ0n) is 11.9. The van der Waals surface area contributed by atoms with Crippen molar-refractivity contribution >= 4 is 23.3 Å². The Kier molecular flexibility index (Phi) is 3.21. The monoisotopic (exact) mass is 284 g/mol. The number of hydrogen-bond donors (Lipinski definition) is 1. The number of anilines is 3. The largest absolute Gasteiger partial charge is 0.478 e. The van der Waals surface area contributed by atoms with Crippen molar-refractivity contribution in [2.75, 3.05) is 29.9 Å². The SMILES string of the molecule is Cc1nc(N2CCN(C)c3ccccc32)ncc1C(=O)O. The van der Waals surface area contributed by atoms with Crippen molar-refractivity contribution in [3.8, 4) is 0 Å². The Labute approximate surface area is 122 Å². The molecule has 0 atom stereocenters. The third-order valence-electron chi connectivity index (χ3n) is 3.68. The summed E-state index contributed by atoms with van der Waals surface area (Å²) in [4.78, 5) is 23.8. The molecule has 0 amide bonds. The average Bonchev–Trinajstić information content (AvgIpc) is 2.47. The molecule has 108 valence electrons. The quantitative estimate of drug-likeness (QED) is 0.910. The van der Waals surface area contributed by atoms with E-state index in [-0.39, 0.29) is 5.56 Å². The maximum absolute atomic E-state index is 11.1. The Morgan fingerprint density at radius 3 is 2.62 bits per heavy atom. The van der Waals surface area contributed by atoms with Crippen molar-refractivity contribution in [3.05, 3.63) is 41.7 Å². The van der Waals surface area contributed by atoms with Gasteiger partial charge >= 0.3 is 5.97 Å². The molecule has 0 radical (unpaired) electrons. The van der Waals surface area contributed by atoms with Crippen LogP contribution >= 0.6 is 0 Å². The smallest absolute Gasteiger partial charge is 0.339 e. The predicted molar refractivity (Wildman–Crippen MR) is 80.4 cm³/mol. The van der Waals surface area contributed by atoms with Gasteiger partial charge in [-0.05, 0) is 19.1 Å². The molecule has 2 aromatic rings. The normalized spacial score (nSPS) is 14.0. The molecule has 0 fully saturated rings. The highest BCUT2D eigenvalue weighted by molar-refractivity contribution is 5.88. The molecule has 3 rings (SSSR count). The van der Waals surface area contributed by atoms with Gasteiger partial charge in [-0.2, -0.15) is 0 Å². The molecule has 1 aliphatic heterocycles. The van der Waals surface area contributed by atoms with E-state index in [0.29, 0.717) is 11.6 Å². The molecule has 0 aliphatic carbocycles. The van der Waals surface area contributed by atoms with Crippen molar-refractivity contribution in [2.24, 2.45) is 0 Å². The number of rotatable bonds is 2. The van der Waals surface area contributed by atoms with Gasteiger partial charge in [0.2, 0.25) is 5.95 Å². The van der Waals surface area contributed by atoms with Crippen LogP contribution in [0.1, 0.15) is 16.1 Å². The zero-order valence-corrected chi connectivity index (χ0v) is 11.9. The van der Waals surface area contributed by atoms with Crippen LogP contribution in [-0.4, -0.2) is 41.2 Å². The Balaban J connectivity index is 2.04. The number of hydrogen-bond acceptors (Lipinski definition) is 5. The van der Waals surface area contributed by atoms with Gasteiger partial charge in [0.1, 0.15) is 0 Å². The summed E-state index contributed by atoms with van der Waals surface area (Å²) in [5.41, 5.74) is 2.77. The van der Waals surface area contributed by atoms with Gasteiger partial charge in [-0.1, -0.05) is 12.1 Å². The van der Waals surface area contributed by atoms with Crippen molar-refractivity contribution in [2.45, 2.75) is 6.92 Å². The van der Waals surface area contributed by atoms with Gasteiger partial charge in [-0.25, -0.2) is 14.8 Å². The Bertz CT molecular complexity index is 702. The average molecular weight is 284 g/mol. The fourth-order valence-corrected chi connectivity index (χ4v) is 2.51. The summed E-state index contributed by atoms with van der Waals surface area (Å²) in [6.45, 7) is 3.32. The van der Waals surface area contributed by atoms with E-state index in [1.54, 1.807) is 6.92 Å².